The molecule has 0 aliphatic carbocycles. The van der Waals surface area contributed by atoms with E-state index in [1.165, 1.54) is 0 Å². The monoisotopic (exact) mass is 525 g/mol. The van der Waals surface area contributed by atoms with Crippen molar-refractivity contribution >= 4 is 38.3 Å². The van der Waals surface area contributed by atoms with Crippen LogP contribution < -0.4 is 15.8 Å². The number of hydrogen-bond acceptors (Lipinski definition) is 7. The van der Waals surface area contributed by atoms with Crippen LogP contribution in [-0.2, 0) is 14.9 Å². The fourth-order valence-electron chi connectivity index (χ4n) is 4.80. The Morgan fingerprint density at radius 2 is 1.84 bits per heavy atom. The van der Waals surface area contributed by atoms with Crippen LogP contribution in [0.3, 0.4) is 0 Å². The first-order chi connectivity index (χ1) is 17.4. The van der Waals surface area contributed by atoms with E-state index in [1.807, 2.05) is 18.2 Å². The second-order valence-corrected chi connectivity index (χ2v) is 11.4. The predicted molar refractivity (Wildman–Crippen MR) is 144 cm³/mol. The number of aromatic nitrogens is 1. The van der Waals surface area contributed by atoms with E-state index < -0.39 is 15.7 Å². The van der Waals surface area contributed by atoms with Crippen molar-refractivity contribution in [3.63, 3.8) is 0 Å². The summed E-state index contributed by atoms with van der Waals surface area (Å²) in [4.78, 5) is 31.2. The van der Waals surface area contributed by atoms with Crippen LogP contribution in [0, 0.1) is 0 Å². The molecule has 4 rings (SSSR count). The zero-order valence-electron chi connectivity index (χ0n) is 21.2. The van der Waals surface area contributed by atoms with Gasteiger partial charge in [-0.2, -0.15) is 8.42 Å². The fraction of sp³-hybridized carbons (Fsp3) is 0.370. The van der Waals surface area contributed by atoms with E-state index in [2.05, 4.69) is 42.0 Å². The molecule has 1 aliphatic heterocycles. The van der Waals surface area contributed by atoms with Gasteiger partial charge in [0, 0.05) is 54.6 Å². The smallest absolute Gasteiger partial charge is 0.344 e. The highest BCUT2D eigenvalue weighted by atomic mass is 32.2. The number of anilines is 1. The van der Waals surface area contributed by atoms with Gasteiger partial charge in [0.1, 0.15) is 5.58 Å². The van der Waals surface area contributed by atoms with Crippen LogP contribution in [0.2, 0.25) is 0 Å². The molecule has 0 unspecified atom stereocenters. The molecule has 0 radical (unpaired) electrons. The molecule has 10 heteroatoms. The van der Waals surface area contributed by atoms with Crippen LogP contribution in [0.1, 0.15) is 45.6 Å². The van der Waals surface area contributed by atoms with Crippen LogP contribution in [0.15, 0.2) is 58.0 Å². The molecule has 0 bridgehead atoms. The molecule has 1 aliphatic rings. The maximum Gasteiger partial charge on any atom is 0.344 e. The number of nitrogens with zero attached hydrogens (tertiary/aromatic N) is 2. The van der Waals surface area contributed by atoms with Crippen molar-refractivity contribution in [3.05, 3.63) is 64.8 Å². The molecule has 1 amide bonds. The number of rotatable bonds is 9. The Labute approximate surface area is 216 Å². The summed E-state index contributed by atoms with van der Waals surface area (Å²) in [6, 6.07) is 9.33. The van der Waals surface area contributed by atoms with E-state index in [-0.39, 0.29) is 36.6 Å². The van der Waals surface area contributed by atoms with E-state index in [4.69, 9.17) is 8.97 Å². The summed E-state index contributed by atoms with van der Waals surface area (Å²) in [5, 5.41) is 3.51. The zero-order chi connectivity index (χ0) is 26.8. The zero-order valence-corrected chi connectivity index (χ0v) is 22.0. The van der Waals surface area contributed by atoms with Crippen molar-refractivity contribution in [2.45, 2.75) is 45.6 Å². The highest BCUT2D eigenvalue weighted by molar-refractivity contribution is 7.85. The number of carbonyl (C=O) groups is 1. The highest BCUT2D eigenvalue weighted by Gasteiger charge is 2.31. The Kier molecular flexibility index (Phi) is 7.52. The number of carbonyl (C=O) groups excluding carboxylic acids is 1. The highest BCUT2D eigenvalue weighted by Crippen LogP contribution is 2.41. The number of nitrogens with one attached hydrogen (secondary N) is 1. The summed E-state index contributed by atoms with van der Waals surface area (Å²) in [6.07, 6.45) is 6.47. The molecule has 0 fully saturated rings. The van der Waals surface area contributed by atoms with Crippen LogP contribution in [0.5, 0.6) is 0 Å². The lowest BCUT2D eigenvalue weighted by molar-refractivity contribution is -0.121. The summed E-state index contributed by atoms with van der Waals surface area (Å²) < 4.78 is 36.1. The molecule has 9 nitrogen and oxygen atoms in total. The number of pyridine rings is 1. The largest absolute Gasteiger partial charge is 0.422 e. The number of amides is 1. The molecule has 0 saturated carbocycles. The van der Waals surface area contributed by atoms with Crippen molar-refractivity contribution in [2.24, 2.45) is 0 Å². The molecule has 3 heterocycles. The number of hydrogen-bond donors (Lipinski definition) is 2. The fourth-order valence-corrected chi connectivity index (χ4v) is 5.31. The third kappa shape index (κ3) is 6.26. The molecule has 2 N–H and O–H groups in total. The Balaban J connectivity index is 1.54. The van der Waals surface area contributed by atoms with Crippen molar-refractivity contribution in [1.82, 2.24) is 10.3 Å². The molecule has 0 atom stereocenters. The van der Waals surface area contributed by atoms with Gasteiger partial charge in [-0.1, -0.05) is 6.08 Å². The Bertz CT molecular complexity index is 1510. The lowest BCUT2D eigenvalue weighted by atomic mass is 9.87. The normalized spacial score (nSPS) is 14.8. The summed E-state index contributed by atoms with van der Waals surface area (Å²) in [6.45, 7) is 7.04. The minimum absolute atomic E-state index is 0.155. The summed E-state index contributed by atoms with van der Waals surface area (Å²) in [7, 11) is -4.03. The van der Waals surface area contributed by atoms with Gasteiger partial charge in [0.15, 0.2) is 0 Å². The van der Waals surface area contributed by atoms with Crippen molar-refractivity contribution in [2.75, 3.05) is 23.7 Å². The van der Waals surface area contributed by atoms with Gasteiger partial charge >= 0.3 is 5.63 Å². The van der Waals surface area contributed by atoms with Crippen LogP contribution in [-0.4, -0.2) is 48.2 Å². The first kappa shape index (κ1) is 26.6. The van der Waals surface area contributed by atoms with Gasteiger partial charge < -0.3 is 14.6 Å². The molecule has 1 aromatic carbocycles. The first-order valence-electron chi connectivity index (χ1n) is 12.2. The van der Waals surface area contributed by atoms with Crippen LogP contribution in [0.4, 0.5) is 5.69 Å². The average molecular weight is 526 g/mol. The van der Waals surface area contributed by atoms with Crippen molar-refractivity contribution in [3.8, 4) is 11.1 Å². The van der Waals surface area contributed by atoms with Gasteiger partial charge in [-0.05, 0) is 69.0 Å². The van der Waals surface area contributed by atoms with Crippen molar-refractivity contribution < 1.29 is 22.2 Å². The predicted octanol–water partition coefficient (Wildman–Crippen LogP) is 4.03. The molecular formula is C27H31N3O6S. The number of fused-ring (bicyclic) bond motifs is 2. The molecule has 196 valence electrons. The quantitative estimate of drug-likeness (QED) is 0.243. The Hall–Kier alpha value is -3.50. The maximum absolute atomic E-state index is 12.8. The molecule has 3 aromatic rings. The molecular weight excluding hydrogens is 494 g/mol. The summed E-state index contributed by atoms with van der Waals surface area (Å²) in [5.41, 5.74) is 4.07. The average Bonchev–Trinajstić information content (AvgIpc) is 2.82. The maximum atomic E-state index is 12.8. The molecule has 37 heavy (non-hydrogen) atoms. The number of allylic oxidation sites excluding steroid dienone is 1. The SMILES string of the molecule is CC1=CC(C)(C)N(CCCC(=O)NCCCS(=O)(=O)O)c2cc3oc(=O)c(-c4ccncc4)cc3cc21. The third-order valence-electron chi connectivity index (χ3n) is 6.51. The van der Waals surface area contributed by atoms with E-state index in [9.17, 15) is 18.0 Å². The van der Waals surface area contributed by atoms with Gasteiger partial charge in [0.25, 0.3) is 10.1 Å². The minimum atomic E-state index is -4.03. The van der Waals surface area contributed by atoms with Gasteiger partial charge in [0.2, 0.25) is 5.91 Å². The number of benzene rings is 1. The van der Waals surface area contributed by atoms with Crippen LogP contribution >= 0.6 is 0 Å². The topological polar surface area (TPSA) is 130 Å². The van der Waals surface area contributed by atoms with E-state index in [0.29, 0.717) is 24.1 Å². The van der Waals surface area contributed by atoms with Gasteiger partial charge in [-0.15, -0.1) is 0 Å². The molecule has 0 saturated heterocycles. The molecule has 0 spiro atoms. The Morgan fingerprint density at radius 3 is 2.54 bits per heavy atom. The second kappa shape index (κ2) is 10.5. The van der Waals surface area contributed by atoms with Crippen molar-refractivity contribution in [1.29, 1.82) is 0 Å². The van der Waals surface area contributed by atoms with E-state index in [0.717, 1.165) is 27.8 Å². The summed E-state index contributed by atoms with van der Waals surface area (Å²) in [5.74, 6) is -0.559. The standard InChI is InChI=1S/C27H31N3O6S/c1-18-17-27(2,3)30(12-4-6-25(31)29-9-5-13-37(33,34)35)23-16-24-20(14-21(18)23)15-22(26(32)36-24)19-7-10-28-11-8-19/h7-8,10-11,14-17H,4-6,9,12-13H2,1-3H3,(H,29,31)(H,33,34,35). The first-order valence-corrected chi connectivity index (χ1v) is 13.8. The van der Waals surface area contributed by atoms with Crippen LogP contribution in [0.25, 0.3) is 27.7 Å². The van der Waals surface area contributed by atoms with Gasteiger partial charge in [-0.25, -0.2) is 4.79 Å². The lowest BCUT2D eigenvalue weighted by Gasteiger charge is -2.43. The van der Waals surface area contributed by atoms with E-state index >= 15 is 0 Å². The second-order valence-electron chi connectivity index (χ2n) is 9.82. The lowest BCUT2D eigenvalue weighted by Crippen LogP contribution is -2.45. The Morgan fingerprint density at radius 1 is 1.14 bits per heavy atom. The molecule has 2 aromatic heterocycles. The van der Waals surface area contributed by atoms with Gasteiger partial charge in [-0.3, -0.25) is 14.3 Å². The van der Waals surface area contributed by atoms with Gasteiger partial charge in [0.05, 0.1) is 16.9 Å². The summed E-state index contributed by atoms with van der Waals surface area (Å²) >= 11 is 0. The third-order valence-corrected chi connectivity index (χ3v) is 7.31. The van der Waals surface area contributed by atoms with E-state index in [1.54, 1.807) is 24.5 Å². The minimum Gasteiger partial charge on any atom is -0.422 e.